The Morgan fingerprint density at radius 3 is 2.54 bits per heavy atom. The maximum atomic E-state index is 12.7. The molecule has 26 heavy (non-hydrogen) atoms. The van der Waals surface area contributed by atoms with E-state index in [9.17, 15) is 26.4 Å². The van der Waals surface area contributed by atoms with Crippen LogP contribution in [-0.2, 0) is 10.0 Å². The third-order valence-corrected chi connectivity index (χ3v) is 6.02. The van der Waals surface area contributed by atoms with Crippen molar-refractivity contribution in [3.63, 3.8) is 0 Å². The van der Waals surface area contributed by atoms with Crippen molar-refractivity contribution in [3.05, 3.63) is 53.8 Å². The van der Waals surface area contributed by atoms with E-state index in [0.717, 1.165) is 12.1 Å². The average molecular weight is 389 g/mol. The summed E-state index contributed by atoms with van der Waals surface area (Å²) >= 11 is 0. The average Bonchev–Trinajstić information content (AvgIpc) is 3.16. The lowest BCUT2D eigenvalue weighted by Gasteiger charge is -2.16. The molecule has 6 nitrogen and oxygen atoms in total. The van der Waals surface area contributed by atoms with Crippen LogP contribution < -0.4 is 4.74 Å². The second-order valence-electron chi connectivity index (χ2n) is 5.63. The summed E-state index contributed by atoms with van der Waals surface area (Å²) in [5.74, 6) is -1.85. The summed E-state index contributed by atoms with van der Waals surface area (Å²) in [6, 6.07) is 10.6. The van der Waals surface area contributed by atoms with Gasteiger partial charge in [0.1, 0.15) is 5.25 Å². The van der Waals surface area contributed by atoms with Gasteiger partial charge in [0.2, 0.25) is 10.0 Å². The normalized spacial score (nSPS) is 19.5. The van der Waals surface area contributed by atoms with Gasteiger partial charge in [-0.25, -0.2) is 12.7 Å². The van der Waals surface area contributed by atoms with Crippen molar-refractivity contribution >= 4 is 15.9 Å². The van der Waals surface area contributed by atoms with E-state index < -0.39 is 45.7 Å². The second kappa shape index (κ2) is 6.67. The summed E-state index contributed by atoms with van der Waals surface area (Å²) < 4.78 is 71.7. The Bertz CT molecular complexity index is 892. The highest BCUT2D eigenvalue weighted by atomic mass is 32.2. The van der Waals surface area contributed by atoms with Crippen LogP contribution in [0.25, 0.3) is 0 Å². The highest BCUT2D eigenvalue weighted by Crippen LogP contribution is 2.36. The Balaban J connectivity index is 1.76. The van der Waals surface area contributed by atoms with Crippen molar-refractivity contribution in [2.75, 3.05) is 13.2 Å². The first-order chi connectivity index (χ1) is 12.2. The lowest BCUT2D eigenvalue weighted by Crippen LogP contribution is -2.33. The summed E-state index contributed by atoms with van der Waals surface area (Å²) in [6.07, 6.45) is -4.34. The van der Waals surface area contributed by atoms with Crippen molar-refractivity contribution in [1.82, 2.24) is 4.31 Å². The van der Waals surface area contributed by atoms with Gasteiger partial charge in [0.25, 0.3) is 5.95 Å². The molecule has 1 aliphatic rings. The Morgan fingerprint density at radius 1 is 1.19 bits per heavy atom. The van der Waals surface area contributed by atoms with Crippen LogP contribution in [0.4, 0.5) is 13.2 Å². The molecule has 1 aromatic carbocycles. The van der Waals surface area contributed by atoms with E-state index in [0.29, 0.717) is 9.87 Å². The largest absolute Gasteiger partial charge is 0.455 e. The fourth-order valence-electron chi connectivity index (χ4n) is 2.68. The highest BCUT2D eigenvalue weighted by molar-refractivity contribution is 7.90. The molecule has 1 unspecified atom stereocenters. The SMILES string of the molecule is O=C(c1ccc(OCC(F)(F)F)o1)N1CCC(c2ccccc2)S1(=O)=O. The predicted octanol–water partition coefficient (Wildman–Crippen LogP) is 3.14. The Labute approximate surface area is 147 Å². The molecule has 0 saturated carbocycles. The van der Waals surface area contributed by atoms with Crippen molar-refractivity contribution < 1.29 is 35.5 Å². The molecule has 140 valence electrons. The number of hydrogen-bond donors (Lipinski definition) is 0. The fraction of sp³-hybridized carbons (Fsp3) is 0.312. The van der Waals surface area contributed by atoms with Gasteiger partial charge >= 0.3 is 12.1 Å². The third kappa shape index (κ3) is 3.69. The van der Waals surface area contributed by atoms with E-state index in [4.69, 9.17) is 4.42 Å². The van der Waals surface area contributed by atoms with E-state index in [1.54, 1.807) is 30.3 Å². The van der Waals surface area contributed by atoms with Crippen molar-refractivity contribution in [2.45, 2.75) is 17.8 Å². The lowest BCUT2D eigenvalue weighted by atomic mass is 10.1. The number of halogens is 3. The Morgan fingerprint density at radius 2 is 1.88 bits per heavy atom. The van der Waals surface area contributed by atoms with Crippen LogP contribution >= 0.6 is 0 Å². The molecule has 1 atom stereocenters. The number of amides is 1. The standard InChI is InChI=1S/C16H14F3NO5S/c17-16(18,19)10-24-14-7-6-12(25-14)15(21)20-9-8-13(26(20,22)23)11-4-2-1-3-5-11/h1-7,13H,8-10H2. The number of furan rings is 1. The number of ether oxygens (including phenoxy) is 1. The molecule has 1 amide bonds. The molecule has 1 saturated heterocycles. The number of sulfonamides is 1. The molecular formula is C16H14F3NO5S. The minimum atomic E-state index is -4.56. The number of rotatable bonds is 4. The van der Waals surface area contributed by atoms with Gasteiger partial charge in [0.05, 0.1) is 0 Å². The van der Waals surface area contributed by atoms with E-state index in [1.165, 1.54) is 0 Å². The van der Waals surface area contributed by atoms with Crippen molar-refractivity contribution in [3.8, 4) is 5.95 Å². The molecule has 3 rings (SSSR count). The highest BCUT2D eigenvalue weighted by Gasteiger charge is 2.43. The molecule has 0 radical (unpaired) electrons. The number of alkyl halides is 3. The number of carbonyl (C=O) groups excluding carboxylic acids is 1. The van der Waals surface area contributed by atoms with Gasteiger partial charge in [-0.3, -0.25) is 4.79 Å². The molecular weight excluding hydrogens is 375 g/mol. The third-order valence-electron chi connectivity index (χ3n) is 3.83. The molecule has 1 aliphatic heterocycles. The molecule has 1 fully saturated rings. The van der Waals surface area contributed by atoms with E-state index in [-0.39, 0.29) is 13.0 Å². The summed E-state index contributed by atoms with van der Waals surface area (Å²) in [5, 5.41) is -0.858. The van der Waals surface area contributed by atoms with Gasteiger partial charge in [-0.1, -0.05) is 30.3 Å². The predicted molar refractivity (Wildman–Crippen MR) is 84.0 cm³/mol. The first kappa shape index (κ1) is 18.3. The van der Waals surface area contributed by atoms with Crippen LogP contribution in [0.3, 0.4) is 0 Å². The molecule has 1 aromatic heterocycles. The molecule has 10 heteroatoms. The van der Waals surface area contributed by atoms with Gasteiger partial charge < -0.3 is 9.15 Å². The molecule has 0 N–H and O–H groups in total. The van der Waals surface area contributed by atoms with Gasteiger partial charge in [0, 0.05) is 12.6 Å². The zero-order valence-corrected chi connectivity index (χ0v) is 14.1. The van der Waals surface area contributed by atoms with E-state index in [2.05, 4.69) is 4.74 Å². The summed E-state index contributed by atoms with van der Waals surface area (Å²) in [6.45, 7) is -1.62. The van der Waals surface area contributed by atoms with E-state index >= 15 is 0 Å². The monoisotopic (exact) mass is 389 g/mol. The Hall–Kier alpha value is -2.49. The van der Waals surface area contributed by atoms with Crippen molar-refractivity contribution in [1.29, 1.82) is 0 Å². The summed E-state index contributed by atoms with van der Waals surface area (Å²) in [7, 11) is -3.95. The van der Waals surface area contributed by atoms with Crippen molar-refractivity contribution in [2.24, 2.45) is 0 Å². The second-order valence-corrected chi connectivity index (χ2v) is 7.67. The van der Waals surface area contributed by atoms with E-state index in [1.807, 2.05) is 0 Å². The number of carbonyl (C=O) groups is 1. The van der Waals surface area contributed by atoms with Gasteiger partial charge in [-0.2, -0.15) is 13.2 Å². The van der Waals surface area contributed by atoms with Gasteiger partial charge in [-0.15, -0.1) is 0 Å². The zero-order valence-electron chi connectivity index (χ0n) is 13.3. The van der Waals surface area contributed by atoms with Crippen LogP contribution in [0.2, 0.25) is 0 Å². The maximum absolute atomic E-state index is 12.7. The topological polar surface area (TPSA) is 76.8 Å². The van der Waals surface area contributed by atoms with Crippen LogP contribution in [-0.4, -0.2) is 38.0 Å². The quantitative estimate of drug-likeness (QED) is 0.803. The lowest BCUT2D eigenvalue weighted by molar-refractivity contribution is -0.156. The molecule has 2 heterocycles. The van der Waals surface area contributed by atoms with Crippen LogP contribution in [0.15, 0.2) is 46.9 Å². The molecule has 0 aliphatic carbocycles. The van der Waals surface area contributed by atoms with Crippen LogP contribution in [0, 0.1) is 0 Å². The van der Waals surface area contributed by atoms with Crippen LogP contribution in [0.1, 0.15) is 27.8 Å². The Kier molecular flexibility index (Phi) is 4.70. The zero-order chi connectivity index (χ0) is 18.9. The minimum Gasteiger partial charge on any atom is -0.455 e. The van der Waals surface area contributed by atoms with Gasteiger partial charge in [-0.05, 0) is 18.1 Å². The first-order valence-corrected chi connectivity index (χ1v) is 9.09. The fourth-order valence-corrected chi connectivity index (χ4v) is 4.57. The number of nitrogens with zero attached hydrogens (tertiary/aromatic N) is 1. The van der Waals surface area contributed by atoms with Gasteiger partial charge in [0.15, 0.2) is 12.4 Å². The minimum absolute atomic E-state index is 0.0415. The summed E-state index contributed by atoms with van der Waals surface area (Å²) in [5.41, 5.74) is 0.566. The van der Waals surface area contributed by atoms with Crippen LogP contribution in [0.5, 0.6) is 5.95 Å². The molecule has 0 bridgehead atoms. The summed E-state index contributed by atoms with van der Waals surface area (Å²) in [4.78, 5) is 12.4. The molecule has 0 spiro atoms. The smallest absolute Gasteiger partial charge is 0.422 e. The first-order valence-electron chi connectivity index (χ1n) is 7.59. The maximum Gasteiger partial charge on any atom is 0.422 e. The number of benzene rings is 1. The number of hydrogen-bond acceptors (Lipinski definition) is 5. The molecule has 2 aromatic rings.